The molecule has 33 rings (SSSR count). The molecule has 9 nitrogen and oxygen atoms in total. The van der Waals surface area contributed by atoms with Crippen LogP contribution in [-0.2, 0) is 0 Å². The summed E-state index contributed by atoms with van der Waals surface area (Å²) in [4.78, 5) is 35.9. The molecule has 0 N–H and O–H groups in total. The summed E-state index contributed by atoms with van der Waals surface area (Å²) < 4.78 is 18.5. The van der Waals surface area contributed by atoms with E-state index in [0.29, 0.717) is 17.8 Å². The Morgan fingerprint density at radius 3 is 0.853 bits per heavy atom. The first-order valence-electron chi connectivity index (χ1n) is 47.9. The number of thiophene rings is 6. The summed E-state index contributed by atoms with van der Waals surface area (Å²) in [5.74, 6) is 2.08. The molecule has 0 saturated carbocycles. The van der Waals surface area contributed by atoms with Gasteiger partial charge in [0.2, 0.25) is 17.8 Å². The van der Waals surface area contributed by atoms with Crippen molar-refractivity contribution in [3.8, 4) is 62.7 Å². The first-order valence-corrected chi connectivity index (χ1v) is 52.8. The smallest absolute Gasteiger partial charge is 0.236 e. The Hall–Kier alpha value is -17.1. The Bertz CT molecular complexity index is 11300. The van der Waals surface area contributed by atoms with Crippen LogP contribution in [0.1, 0.15) is 0 Å². The lowest BCUT2D eigenvalue weighted by molar-refractivity contribution is 1.02. The van der Waals surface area contributed by atoms with Crippen molar-refractivity contribution in [3.05, 3.63) is 431 Å². The predicted molar refractivity (Wildman–Crippen MR) is 616 cm³/mol. The highest BCUT2D eigenvalue weighted by atomic mass is 32.1. The van der Waals surface area contributed by atoms with Crippen molar-refractivity contribution in [2.24, 2.45) is 0 Å². The molecule has 0 atom stereocenters. The van der Waals surface area contributed by atoms with E-state index in [1.807, 2.05) is 34.0 Å². The van der Waals surface area contributed by atoms with Gasteiger partial charge in [0.05, 0.1) is 50.2 Å². The van der Waals surface area contributed by atoms with Crippen LogP contribution >= 0.6 is 68.0 Å². The minimum atomic E-state index is 0.691. The lowest BCUT2D eigenvalue weighted by atomic mass is 9.99. The van der Waals surface area contributed by atoms with Crippen LogP contribution in [0, 0.1) is 0 Å². The van der Waals surface area contributed by atoms with Gasteiger partial charge in [-0.15, -0.1) is 68.0 Å². The van der Waals surface area contributed by atoms with Crippen LogP contribution in [-0.4, -0.2) is 43.6 Å². The normalized spacial score (nSPS) is 12.2. The van der Waals surface area contributed by atoms with E-state index in [-0.39, 0.29) is 0 Å². The molecule has 15 heteroatoms. The highest BCUT2D eigenvalue weighted by Crippen LogP contribution is 2.55. The minimum absolute atomic E-state index is 0.691. The molecule has 0 fully saturated rings. The molecule has 0 saturated heterocycles. The Morgan fingerprint density at radius 1 is 0.161 bits per heavy atom. The summed E-state index contributed by atoms with van der Waals surface area (Å²) >= 11 is 10.9. The van der Waals surface area contributed by atoms with E-state index in [1.54, 1.807) is 34.0 Å². The molecule has 12 aromatic heterocycles. The number of benzene rings is 21. The molecule has 664 valence electrons. The summed E-state index contributed by atoms with van der Waals surface area (Å²) in [7, 11) is 0. The average Bonchev–Trinajstić information content (AvgIpc) is 1.54. The molecule has 143 heavy (non-hydrogen) atoms. The van der Waals surface area contributed by atoms with E-state index in [0.717, 1.165) is 97.5 Å². The van der Waals surface area contributed by atoms with Crippen molar-refractivity contribution in [1.82, 2.24) is 43.6 Å². The highest BCUT2D eigenvalue weighted by Gasteiger charge is 2.31. The second kappa shape index (κ2) is 31.7. The van der Waals surface area contributed by atoms with Crippen LogP contribution in [0.15, 0.2) is 431 Å². The van der Waals surface area contributed by atoms with E-state index >= 15 is 0 Å². The zero-order chi connectivity index (χ0) is 93.3. The van der Waals surface area contributed by atoms with Crippen molar-refractivity contribution >= 4 is 309 Å². The first kappa shape index (κ1) is 80.8. The van der Waals surface area contributed by atoms with Gasteiger partial charge in [-0.25, -0.2) is 29.9 Å². The van der Waals surface area contributed by atoms with Crippen LogP contribution in [0.5, 0.6) is 0 Å². The highest BCUT2D eigenvalue weighted by molar-refractivity contribution is 7.28. The molecule has 0 amide bonds. The van der Waals surface area contributed by atoms with Crippen LogP contribution in [0.4, 0.5) is 0 Å². The molecular weight excluding hydrogens is 1860 g/mol. The molecule has 0 aliphatic rings. The van der Waals surface area contributed by atoms with Gasteiger partial charge in [-0.05, 0) is 93.3 Å². The average molecular weight is 1930 g/mol. The summed E-state index contributed by atoms with van der Waals surface area (Å²) in [5.41, 5.74) is 15.4. The van der Waals surface area contributed by atoms with E-state index < -0.39 is 0 Å². The van der Waals surface area contributed by atoms with Gasteiger partial charge >= 0.3 is 0 Å². The minimum Gasteiger partial charge on any atom is -0.277 e. The molecule has 12 heterocycles. The number of hydrogen-bond acceptors (Lipinski definition) is 12. The monoisotopic (exact) mass is 1930 g/mol. The summed E-state index contributed by atoms with van der Waals surface area (Å²) in [6.45, 7) is 0. The van der Waals surface area contributed by atoms with Gasteiger partial charge in [0.1, 0.15) is 14.5 Å². The second-order valence-electron chi connectivity index (χ2n) is 36.8. The van der Waals surface area contributed by atoms with Crippen molar-refractivity contribution in [3.63, 3.8) is 0 Å². The van der Waals surface area contributed by atoms with Gasteiger partial charge in [0, 0.05) is 188 Å². The van der Waals surface area contributed by atoms with E-state index in [2.05, 4.69) is 444 Å². The van der Waals surface area contributed by atoms with Crippen LogP contribution < -0.4 is 0 Å². The van der Waals surface area contributed by atoms with Gasteiger partial charge in [-0.2, -0.15) is 0 Å². The quantitative estimate of drug-likeness (QED) is 0.158. The number of hydrogen-bond donors (Lipinski definition) is 0. The number of fused-ring (bicyclic) bond motifs is 41. The topological polar surface area (TPSA) is 92.1 Å². The molecule has 0 radical (unpaired) electrons. The predicted octanol–water partition coefficient (Wildman–Crippen LogP) is 37.4. The van der Waals surface area contributed by atoms with E-state index in [4.69, 9.17) is 29.9 Å². The fourth-order valence-corrected chi connectivity index (χ4v) is 29.9. The van der Waals surface area contributed by atoms with Crippen molar-refractivity contribution in [1.29, 1.82) is 0 Å². The number of nitrogens with zero attached hydrogens (tertiary/aromatic N) is 9. The molecule has 0 unspecified atom stereocenters. The number of aromatic nitrogens is 9. The molecule has 0 bridgehead atoms. The zero-order valence-electron chi connectivity index (χ0n) is 76.0. The molecule has 0 spiro atoms. The molecule has 0 aliphatic carbocycles. The zero-order valence-corrected chi connectivity index (χ0v) is 80.9. The largest absolute Gasteiger partial charge is 0.277 e. The number of para-hydroxylation sites is 3. The van der Waals surface area contributed by atoms with Crippen LogP contribution in [0.3, 0.4) is 0 Å². The van der Waals surface area contributed by atoms with Crippen molar-refractivity contribution in [2.45, 2.75) is 0 Å². The Kier molecular flexibility index (Phi) is 17.9. The molecule has 0 aliphatic heterocycles. The summed E-state index contributed by atoms with van der Waals surface area (Å²) in [5, 5.41) is 34.4. The first-order chi connectivity index (χ1) is 71.0. The Labute approximate surface area is 838 Å². The maximum absolute atomic E-state index is 5.58. The van der Waals surface area contributed by atoms with Crippen LogP contribution in [0.25, 0.3) is 303 Å². The fraction of sp³-hybridized carbons (Fsp3) is 0. The Morgan fingerprint density at radius 2 is 0.441 bits per heavy atom. The van der Waals surface area contributed by atoms with Gasteiger partial charge in [-0.3, -0.25) is 13.7 Å². The summed E-state index contributed by atoms with van der Waals surface area (Å²) in [6.07, 6.45) is 0. The van der Waals surface area contributed by atoms with E-state index in [9.17, 15) is 0 Å². The van der Waals surface area contributed by atoms with E-state index in [1.165, 1.54) is 188 Å². The lowest BCUT2D eigenvalue weighted by Gasteiger charge is -2.13. The maximum Gasteiger partial charge on any atom is 0.236 e. The fourth-order valence-electron chi connectivity index (χ4n) is 22.9. The second-order valence-corrected chi connectivity index (χ2v) is 43.0. The standard InChI is InChI=1S/C44H25N3S2.2C42H23N3S2/c1-2-12-26(13-3-1)27-22-24-28(25-23-27)40-39-33-18-8-11-21-36(33)49-43(39)46-44(45-40)47-34-19-9-6-16-31(34)37-38-32-17-7-10-20-35(32)48-42(38)30-15-5-4-14-29(30)41(37)47;1-2-14-25-24(12-1)13-11-20-26(25)38-37-31-19-7-10-23-34(31)47-41(37)44-42(43-38)45-32-21-8-5-17-29(32)35-36-30-18-6-9-22-33(30)46-40(36)28-16-4-3-15-27(28)39(35)45;1-2-12-25-23-26(22-21-24(25)11-1)38-37-31-17-7-10-20-34(31)47-41(37)44-42(43-38)45-32-18-8-5-15-29(32)35-36-30-16-6-9-19-33(30)46-40(36)28-14-4-3-13-27(28)39(35)45/h1-25H;2*1-23H. The van der Waals surface area contributed by atoms with Gasteiger partial charge in [0.15, 0.2) is 0 Å². The number of rotatable bonds is 7. The maximum atomic E-state index is 5.58. The third kappa shape index (κ3) is 12.2. The van der Waals surface area contributed by atoms with Crippen molar-refractivity contribution < 1.29 is 0 Å². The summed E-state index contributed by atoms with van der Waals surface area (Å²) in [6, 6.07) is 155. The van der Waals surface area contributed by atoms with Gasteiger partial charge in [-0.1, -0.05) is 370 Å². The molecular formula is C128H71N9S6. The molecule has 33 aromatic rings. The van der Waals surface area contributed by atoms with Gasteiger partial charge in [0.25, 0.3) is 0 Å². The SMILES string of the molecule is c1ccc(-c2ccc(-c3nc(-n4c5ccccc5c5c6c7ccccc7sc6c6ccccc6c54)nc4sc5ccccc5c34)cc2)cc1.c1ccc2c(-c3nc(-n4c5ccccc5c5c6c7ccccc7sc6c6ccccc6c54)nc4sc5ccccc5c34)cccc2c1.c1ccc2cc(-c3nc(-n4c5ccccc5c5c6c7ccccc7sc6c6ccccc6c54)nc4sc5ccccc5c34)ccc2c1. The third-order valence-electron chi connectivity index (χ3n) is 29.1. The van der Waals surface area contributed by atoms with Crippen molar-refractivity contribution in [2.75, 3.05) is 0 Å². The Balaban J connectivity index is 0.0000000981. The third-order valence-corrected chi connectivity index (χ3v) is 35.9. The lowest BCUT2D eigenvalue weighted by Crippen LogP contribution is -2.03. The van der Waals surface area contributed by atoms with Gasteiger partial charge < -0.3 is 0 Å². The molecule has 21 aromatic carbocycles. The van der Waals surface area contributed by atoms with Crippen LogP contribution in [0.2, 0.25) is 0 Å².